The van der Waals surface area contributed by atoms with Crippen LogP contribution < -0.4 is 0 Å². The quantitative estimate of drug-likeness (QED) is 0.923. The molecule has 26 heavy (non-hydrogen) atoms. The Kier molecular flexibility index (Phi) is 3.81. The summed E-state index contributed by atoms with van der Waals surface area (Å²) in [6.45, 7) is 3.06. The highest BCUT2D eigenvalue weighted by Gasteiger charge is 2.32. The van der Waals surface area contributed by atoms with E-state index in [1.54, 1.807) is 0 Å². The number of fused-ring (bicyclic) bond motifs is 3. The summed E-state index contributed by atoms with van der Waals surface area (Å²) in [7, 11) is 0. The summed E-state index contributed by atoms with van der Waals surface area (Å²) in [5.41, 5.74) is 4.72. The Morgan fingerprint density at radius 1 is 1.19 bits per heavy atom. The number of aromatic nitrogens is 5. The standard InChI is InChI=1S/C20H25N5O/c1-2-17-16-10-11-24-19(13-6-5-9-15(26)12-13)21-22-20(24)18(16)25(23-17)14-7-3-4-8-14/h5-6,12,14-15,26H,2-4,7-11H2,1H3. The van der Waals surface area contributed by atoms with Crippen molar-refractivity contribution in [2.24, 2.45) is 0 Å². The Morgan fingerprint density at radius 2 is 2.00 bits per heavy atom. The fraction of sp³-hybridized carbons (Fsp3) is 0.550. The van der Waals surface area contributed by atoms with E-state index >= 15 is 0 Å². The summed E-state index contributed by atoms with van der Waals surface area (Å²) in [5.74, 6) is 1.80. The lowest BCUT2D eigenvalue weighted by atomic mass is 10.0. The molecule has 0 amide bonds. The van der Waals surface area contributed by atoms with Crippen LogP contribution in [0.25, 0.3) is 17.1 Å². The van der Waals surface area contributed by atoms with E-state index in [4.69, 9.17) is 5.10 Å². The van der Waals surface area contributed by atoms with Gasteiger partial charge >= 0.3 is 0 Å². The summed E-state index contributed by atoms with van der Waals surface area (Å²) in [6, 6.07) is 0.492. The van der Waals surface area contributed by atoms with Crippen molar-refractivity contribution in [1.82, 2.24) is 24.5 Å². The number of aliphatic hydroxyl groups is 1. The molecule has 2 aromatic heterocycles. The molecule has 1 aliphatic heterocycles. The highest BCUT2D eigenvalue weighted by atomic mass is 16.3. The smallest absolute Gasteiger partial charge is 0.182 e. The molecule has 1 fully saturated rings. The van der Waals surface area contributed by atoms with E-state index in [9.17, 15) is 5.11 Å². The molecular weight excluding hydrogens is 326 g/mol. The number of rotatable bonds is 3. The maximum absolute atomic E-state index is 9.96. The van der Waals surface area contributed by atoms with Gasteiger partial charge in [-0.15, -0.1) is 10.2 Å². The summed E-state index contributed by atoms with van der Waals surface area (Å²) in [4.78, 5) is 0. The molecule has 0 bridgehead atoms. The van der Waals surface area contributed by atoms with Gasteiger partial charge in [0, 0.05) is 17.7 Å². The summed E-state index contributed by atoms with van der Waals surface area (Å²) in [5, 5.41) is 24.0. The zero-order chi connectivity index (χ0) is 17.7. The largest absolute Gasteiger partial charge is 0.389 e. The zero-order valence-electron chi connectivity index (χ0n) is 15.2. The molecular formula is C20H25N5O. The second-order valence-corrected chi connectivity index (χ2v) is 7.59. The zero-order valence-corrected chi connectivity index (χ0v) is 15.2. The van der Waals surface area contributed by atoms with Gasteiger partial charge in [0.1, 0.15) is 5.69 Å². The van der Waals surface area contributed by atoms with Gasteiger partial charge in [-0.1, -0.05) is 31.9 Å². The third kappa shape index (κ3) is 2.39. The van der Waals surface area contributed by atoms with Crippen LogP contribution in [0.2, 0.25) is 0 Å². The molecule has 0 aromatic carbocycles. The lowest BCUT2D eigenvalue weighted by Crippen LogP contribution is -2.17. The van der Waals surface area contributed by atoms with Crippen molar-refractivity contribution in [3.05, 3.63) is 35.3 Å². The summed E-state index contributed by atoms with van der Waals surface area (Å²) >= 11 is 0. The molecule has 0 spiro atoms. The van der Waals surface area contributed by atoms with Crippen LogP contribution in [-0.4, -0.2) is 35.8 Å². The third-order valence-electron chi connectivity index (χ3n) is 5.95. The Bertz CT molecular complexity index is 898. The van der Waals surface area contributed by atoms with E-state index < -0.39 is 6.10 Å². The SMILES string of the molecule is CCc1nn(C2CCCC2)c2c1CCn1c(C3=CC(O)CC=C3)nnc1-2. The molecule has 1 N–H and O–H groups in total. The van der Waals surface area contributed by atoms with Gasteiger partial charge in [0.2, 0.25) is 0 Å². The molecule has 0 radical (unpaired) electrons. The second-order valence-electron chi connectivity index (χ2n) is 7.59. The van der Waals surface area contributed by atoms with Gasteiger partial charge in [0.25, 0.3) is 0 Å². The molecule has 136 valence electrons. The molecule has 1 atom stereocenters. The Hall–Kier alpha value is -2.21. The van der Waals surface area contributed by atoms with Crippen molar-refractivity contribution in [2.45, 2.75) is 70.6 Å². The van der Waals surface area contributed by atoms with Gasteiger partial charge in [-0.05, 0) is 38.2 Å². The lowest BCUT2D eigenvalue weighted by Gasteiger charge is -2.21. The van der Waals surface area contributed by atoms with E-state index in [1.807, 2.05) is 18.2 Å². The first kappa shape index (κ1) is 16.0. The van der Waals surface area contributed by atoms with Gasteiger partial charge < -0.3 is 9.67 Å². The fourth-order valence-electron chi connectivity index (χ4n) is 4.65. The monoisotopic (exact) mass is 351 g/mol. The van der Waals surface area contributed by atoms with Crippen LogP contribution in [0, 0.1) is 0 Å². The fourth-order valence-corrected chi connectivity index (χ4v) is 4.65. The first-order valence-corrected chi connectivity index (χ1v) is 9.87. The average molecular weight is 351 g/mol. The molecule has 6 heteroatoms. The minimum Gasteiger partial charge on any atom is -0.389 e. The normalized spacial score (nSPS) is 22.4. The highest BCUT2D eigenvalue weighted by molar-refractivity contribution is 5.73. The van der Waals surface area contributed by atoms with Crippen molar-refractivity contribution in [3.8, 4) is 11.5 Å². The predicted molar refractivity (Wildman–Crippen MR) is 99.6 cm³/mol. The topological polar surface area (TPSA) is 68.8 Å². The molecule has 3 aliphatic rings. The van der Waals surface area contributed by atoms with Crippen LogP contribution in [-0.2, 0) is 19.4 Å². The number of aryl methyl sites for hydroxylation is 1. The van der Waals surface area contributed by atoms with Crippen LogP contribution in [0.4, 0.5) is 0 Å². The molecule has 0 saturated heterocycles. The summed E-state index contributed by atoms with van der Waals surface area (Å²) < 4.78 is 4.47. The lowest BCUT2D eigenvalue weighted by molar-refractivity contribution is 0.226. The molecule has 1 saturated carbocycles. The van der Waals surface area contributed by atoms with Crippen LogP contribution in [0.15, 0.2) is 18.2 Å². The van der Waals surface area contributed by atoms with Crippen LogP contribution in [0.1, 0.15) is 62.2 Å². The second kappa shape index (κ2) is 6.20. The van der Waals surface area contributed by atoms with Gasteiger partial charge in [0.05, 0.1) is 17.8 Å². The number of hydrogen-bond acceptors (Lipinski definition) is 4. The van der Waals surface area contributed by atoms with Crippen molar-refractivity contribution < 1.29 is 5.11 Å². The van der Waals surface area contributed by atoms with E-state index in [0.717, 1.165) is 36.6 Å². The first-order valence-electron chi connectivity index (χ1n) is 9.87. The maximum atomic E-state index is 9.96. The highest BCUT2D eigenvalue weighted by Crippen LogP contribution is 2.39. The van der Waals surface area contributed by atoms with Gasteiger partial charge in [0.15, 0.2) is 11.6 Å². The number of allylic oxidation sites excluding steroid dienone is 2. The van der Waals surface area contributed by atoms with E-state index in [2.05, 4.69) is 26.4 Å². The van der Waals surface area contributed by atoms with Crippen molar-refractivity contribution in [2.75, 3.05) is 0 Å². The van der Waals surface area contributed by atoms with Gasteiger partial charge in [-0.3, -0.25) is 4.68 Å². The predicted octanol–water partition coefficient (Wildman–Crippen LogP) is 3.08. The number of nitrogens with zero attached hydrogens (tertiary/aromatic N) is 5. The molecule has 2 aromatic rings. The average Bonchev–Trinajstić information content (AvgIpc) is 3.38. The minimum atomic E-state index is -0.433. The van der Waals surface area contributed by atoms with Gasteiger partial charge in [-0.2, -0.15) is 5.10 Å². The Morgan fingerprint density at radius 3 is 2.77 bits per heavy atom. The Balaban J connectivity index is 1.64. The van der Waals surface area contributed by atoms with Crippen molar-refractivity contribution in [3.63, 3.8) is 0 Å². The number of hydrogen-bond donors (Lipinski definition) is 1. The molecule has 5 rings (SSSR count). The van der Waals surface area contributed by atoms with E-state index in [-0.39, 0.29) is 0 Å². The molecule has 2 aliphatic carbocycles. The van der Waals surface area contributed by atoms with Crippen LogP contribution >= 0.6 is 0 Å². The molecule has 6 nitrogen and oxygen atoms in total. The van der Waals surface area contributed by atoms with Crippen LogP contribution in [0.3, 0.4) is 0 Å². The van der Waals surface area contributed by atoms with E-state index in [1.165, 1.54) is 42.6 Å². The summed E-state index contributed by atoms with van der Waals surface area (Å²) in [6.07, 6.45) is 13.1. The maximum Gasteiger partial charge on any atom is 0.182 e. The van der Waals surface area contributed by atoms with Crippen LogP contribution in [0.5, 0.6) is 0 Å². The minimum absolute atomic E-state index is 0.433. The molecule has 1 unspecified atom stereocenters. The first-order chi connectivity index (χ1) is 12.8. The third-order valence-corrected chi connectivity index (χ3v) is 5.95. The Labute approximate surface area is 153 Å². The van der Waals surface area contributed by atoms with E-state index in [0.29, 0.717) is 12.5 Å². The van der Waals surface area contributed by atoms with Gasteiger partial charge in [-0.25, -0.2) is 0 Å². The van der Waals surface area contributed by atoms with Crippen molar-refractivity contribution in [1.29, 1.82) is 0 Å². The number of aliphatic hydroxyl groups excluding tert-OH is 1. The molecule has 3 heterocycles. The van der Waals surface area contributed by atoms with Crippen molar-refractivity contribution >= 4 is 5.57 Å².